The maximum absolute atomic E-state index is 13.3. The number of hydrogen-bond donors (Lipinski definition) is 2. The number of amides is 1. The summed E-state index contributed by atoms with van der Waals surface area (Å²) in [6.45, 7) is 6.73. The third-order valence-corrected chi connectivity index (χ3v) is 9.57. The molecule has 0 heterocycles. The van der Waals surface area contributed by atoms with Crippen molar-refractivity contribution in [3.8, 4) is 0 Å². The molecule has 0 aromatic carbocycles. The highest BCUT2D eigenvalue weighted by Gasteiger charge is 2.26. The van der Waals surface area contributed by atoms with Crippen LogP contribution in [0.2, 0.25) is 0 Å². The first-order valence-corrected chi connectivity index (χ1v) is 20.7. The van der Waals surface area contributed by atoms with Crippen LogP contribution in [0.15, 0.2) is 0 Å². The van der Waals surface area contributed by atoms with Crippen LogP contribution in [0.25, 0.3) is 0 Å². The maximum Gasteiger partial charge on any atom is 0.328 e. The lowest BCUT2D eigenvalue weighted by Gasteiger charge is -2.23. The number of carboxylic acids is 1. The monoisotopic (exact) mass is 666 g/mol. The minimum absolute atomic E-state index is 0.0697. The maximum atomic E-state index is 13.3. The Balaban J connectivity index is 4.59. The molecular weight excluding hydrogens is 586 g/mol. The highest BCUT2D eigenvalue weighted by atomic mass is 16.5. The van der Waals surface area contributed by atoms with Gasteiger partial charge < -0.3 is 15.2 Å². The van der Waals surface area contributed by atoms with Gasteiger partial charge in [0.15, 0.2) is 0 Å². The average molecular weight is 666 g/mol. The smallest absolute Gasteiger partial charge is 0.328 e. The molecule has 6 nitrogen and oxygen atoms in total. The van der Waals surface area contributed by atoms with Crippen LogP contribution < -0.4 is 5.32 Å². The van der Waals surface area contributed by atoms with E-state index in [1.54, 1.807) is 0 Å². The zero-order chi connectivity index (χ0) is 34.6. The summed E-state index contributed by atoms with van der Waals surface area (Å²) < 4.78 is 6.02. The van der Waals surface area contributed by atoms with E-state index in [9.17, 15) is 19.5 Å². The minimum Gasteiger partial charge on any atom is -0.481 e. The second-order valence-electron chi connectivity index (χ2n) is 14.3. The molecule has 0 aliphatic heterocycles. The number of carbonyl (C=O) groups is 3. The third-order valence-electron chi connectivity index (χ3n) is 9.57. The van der Waals surface area contributed by atoms with Gasteiger partial charge in [-0.15, -0.1) is 0 Å². The van der Waals surface area contributed by atoms with E-state index >= 15 is 0 Å². The lowest BCUT2D eigenvalue weighted by Crippen LogP contribution is -2.43. The first kappa shape index (κ1) is 45.4. The van der Waals surface area contributed by atoms with Crippen molar-refractivity contribution in [1.29, 1.82) is 0 Å². The van der Waals surface area contributed by atoms with E-state index in [0.29, 0.717) is 6.42 Å². The van der Waals surface area contributed by atoms with Crippen LogP contribution in [0.3, 0.4) is 0 Å². The molecule has 0 radical (unpaired) electrons. The fourth-order valence-electron chi connectivity index (χ4n) is 6.43. The van der Waals surface area contributed by atoms with Crippen molar-refractivity contribution in [2.24, 2.45) is 0 Å². The number of hydrogen-bond acceptors (Lipinski definition) is 4. The minimum atomic E-state index is -0.966. The van der Waals surface area contributed by atoms with Crippen LogP contribution in [-0.2, 0) is 19.1 Å². The lowest BCUT2D eigenvalue weighted by molar-refractivity contribution is -0.154. The topological polar surface area (TPSA) is 92.7 Å². The summed E-state index contributed by atoms with van der Waals surface area (Å²) in [5.41, 5.74) is 0. The number of ether oxygens (including phenoxy) is 1. The number of esters is 1. The van der Waals surface area contributed by atoms with Crippen LogP contribution in [0.1, 0.15) is 233 Å². The summed E-state index contributed by atoms with van der Waals surface area (Å²) in [5, 5.41) is 12.1. The van der Waals surface area contributed by atoms with E-state index in [-0.39, 0.29) is 24.9 Å². The summed E-state index contributed by atoms with van der Waals surface area (Å²) in [4.78, 5) is 37.4. The average Bonchev–Trinajstić information content (AvgIpc) is 3.05. The molecule has 278 valence electrons. The molecule has 1 unspecified atom stereocenters. The van der Waals surface area contributed by atoms with Crippen molar-refractivity contribution in [2.75, 3.05) is 0 Å². The molecule has 0 aromatic rings. The highest BCUT2D eigenvalue weighted by Crippen LogP contribution is 2.19. The number of rotatable bonds is 37. The van der Waals surface area contributed by atoms with Gasteiger partial charge in [0.05, 0.1) is 0 Å². The van der Waals surface area contributed by atoms with Gasteiger partial charge in [0.2, 0.25) is 5.91 Å². The first-order chi connectivity index (χ1) is 22.9. The van der Waals surface area contributed by atoms with E-state index in [4.69, 9.17) is 4.74 Å². The largest absolute Gasteiger partial charge is 0.481 e. The van der Waals surface area contributed by atoms with E-state index in [1.165, 1.54) is 135 Å². The quantitative estimate of drug-likeness (QED) is 0.0509. The molecule has 0 aromatic heterocycles. The molecule has 2 atom stereocenters. The van der Waals surface area contributed by atoms with E-state index in [0.717, 1.165) is 57.8 Å². The summed E-state index contributed by atoms with van der Waals surface area (Å²) in [6, 6.07) is -0.893. The first-order valence-electron chi connectivity index (χ1n) is 20.7. The molecule has 0 fully saturated rings. The number of nitrogens with one attached hydrogen (secondary N) is 1. The lowest BCUT2D eigenvalue weighted by atomic mass is 10.0. The molecule has 0 aliphatic carbocycles. The van der Waals surface area contributed by atoms with Gasteiger partial charge in [-0.1, -0.05) is 181 Å². The van der Waals surface area contributed by atoms with Crippen molar-refractivity contribution in [2.45, 2.75) is 245 Å². The van der Waals surface area contributed by atoms with Gasteiger partial charge in [-0.2, -0.15) is 0 Å². The summed E-state index contributed by atoms with van der Waals surface area (Å²) in [7, 11) is 0. The van der Waals surface area contributed by atoms with Crippen molar-refractivity contribution in [3.63, 3.8) is 0 Å². The second-order valence-corrected chi connectivity index (χ2v) is 14.3. The van der Waals surface area contributed by atoms with Gasteiger partial charge in [-0.3, -0.25) is 9.59 Å². The predicted octanol–water partition coefficient (Wildman–Crippen LogP) is 12.4. The van der Waals surface area contributed by atoms with Crippen LogP contribution in [0, 0.1) is 0 Å². The molecule has 0 aliphatic rings. The van der Waals surface area contributed by atoms with Crippen LogP contribution >= 0.6 is 0 Å². The molecule has 0 saturated carbocycles. The normalized spacial score (nSPS) is 12.6. The Morgan fingerprint density at radius 1 is 0.468 bits per heavy atom. The SMILES string of the molecule is CCCCCCCCCCCCCCCC(=O)N[C@@H](CCC(=O)O)C(=O)OC(CCCCCCCC)CCCCCCCCCCC. The second kappa shape index (κ2) is 35.7. The van der Waals surface area contributed by atoms with Gasteiger partial charge in [-0.25, -0.2) is 4.79 Å². The van der Waals surface area contributed by atoms with Gasteiger partial charge in [-0.05, 0) is 38.5 Å². The summed E-state index contributed by atoms with van der Waals surface area (Å²) in [5.74, 6) is -1.60. The zero-order valence-corrected chi connectivity index (χ0v) is 31.6. The third kappa shape index (κ3) is 32.7. The predicted molar refractivity (Wildman–Crippen MR) is 199 cm³/mol. The molecular formula is C41H79NO5. The summed E-state index contributed by atoms with van der Waals surface area (Å²) in [6.07, 6.45) is 36.4. The Morgan fingerprint density at radius 3 is 1.17 bits per heavy atom. The molecule has 47 heavy (non-hydrogen) atoms. The molecule has 0 rings (SSSR count). The molecule has 0 saturated heterocycles. The Kier molecular flexibility index (Phi) is 34.5. The van der Waals surface area contributed by atoms with Crippen LogP contribution in [-0.4, -0.2) is 35.1 Å². The van der Waals surface area contributed by atoms with Crippen molar-refractivity contribution in [1.82, 2.24) is 5.32 Å². The molecule has 1 amide bonds. The summed E-state index contributed by atoms with van der Waals surface area (Å²) >= 11 is 0. The molecule has 0 bridgehead atoms. The van der Waals surface area contributed by atoms with Gasteiger partial charge in [0.25, 0.3) is 0 Å². The Morgan fingerprint density at radius 2 is 0.809 bits per heavy atom. The number of unbranched alkanes of at least 4 members (excludes halogenated alkanes) is 25. The van der Waals surface area contributed by atoms with Gasteiger partial charge in [0, 0.05) is 12.8 Å². The zero-order valence-electron chi connectivity index (χ0n) is 31.6. The number of carbonyl (C=O) groups excluding carboxylic acids is 2. The van der Waals surface area contributed by atoms with Crippen molar-refractivity contribution >= 4 is 17.8 Å². The van der Waals surface area contributed by atoms with E-state index in [1.807, 2.05) is 0 Å². The van der Waals surface area contributed by atoms with E-state index < -0.39 is 18.0 Å². The van der Waals surface area contributed by atoms with E-state index in [2.05, 4.69) is 26.1 Å². The van der Waals surface area contributed by atoms with Crippen molar-refractivity contribution in [3.05, 3.63) is 0 Å². The van der Waals surface area contributed by atoms with Gasteiger partial charge >= 0.3 is 11.9 Å². The molecule has 2 N–H and O–H groups in total. The molecule has 6 heteroatoms. The van der Waals surface area contributed by atoms with Gasteiger partial charge in [0.1, 0.15) is 12.1 Å². The standard InChI is InChI=1S/C41H79NO5/c1-4-7-10-13-16-18-19-20-21-23-25-28-31-34-39(43)42-38(35-36-40(44)45)41(46)47-37(32-29-26-15-12-9-6-3)33-30-27-24-22-17-14-11-8-5-2/h37-38H,4-36H2,1-3H3,(H,42,43)(H,44,45)/t37?,38-/m0/s1. The Bertz CT molecular complexity index is 712. The number of aliphatic carboxylic acids is 1. The van der Waals surface area contributed by atoms with Crippen molar-refractivity contribution < 1.29 is 24.2 Å². The van der Waals surface area contributed by atoms with Crippen LogP contribution in [0.4, 0.5) is 0 Å². The Hall–Kier alpha value is -1.59. The Labute approximate surface area is 291 Å². The van der Waals surface area contributed by atoms with Crippen LogP contribution in [0.5, 0.6) is 0 Å². The number of carboxylic acid groups (broad SMARTS) is 1. The highest BCUT2D eigenvalue weighted by molar-refractivity contribution is 5.85. The fourth-order valence-corrected chi connectivity index (χ4v) is 6.43. The fraction of sp³-hybridized carbons (Fsp3) is 0.927. The molecule has 0 spiro atoms.